The van der Waals surface area contributed by atoms with E-state index in [1.54, 1.807) is 4.90 Å². The largest absolute Gasteiger partial charge is 0.444 e. The molecule has 1 heterocycles. The van der Waals surface area contributed by atoms with E-state index >= 15 is 0 Å². The van der Waals surface area contributed by atoms with Crippen LogP contribution in [0.5, 0.6) is 0 Å². The van der Waals surface area contributed by atoms with Crippen molar-refractivity contribution >= 4 is 23.6 Å². The van der Waals surface area contributed by atoms with E-state index in [4.69, 9.17) is 16.3 Å². The lowest BCUT2D eigenvalue weighted by Gasteiger charge is -2.24. The molecule has 1 fully saturated rings. The van der Waals surface area contributed by atoms with Gasteiger partial charge in [0, 0.05) is 30.6 Å². The van der Waals surface area contributed by atoms with Crippen molar-refractivity contribution in [3.05, 3.63) is 70.7 Å². The molecule has 2 unspecified atom stereocenters. The van der Waals surface area contributed by atoms with Gasteiger partial charge in [0.25, 0.3) is 0 Å². The van der Waals surface area contributed by atoms with Crippen LogP contribution in [0.25, 0.3) is 0 Å². The Bertz CT molecular complexity index is 862. The summed E-state index contributed by atoms with van der Waals surface area (Å²) in [4.78, 5) is 27.3. The van der Waals surface area contributed by atoms with E-state index in [0.717, 1.165) is 12.0 Å². The fourth-order valence-electron chi connectivity index (χ4n) is 3.70. The molecule has 160 valence electrons. The maximum atomic E-state index is 13.0. The molecule has 30 heavy (non-hydrogen) atoms. The van der Waals surface area contributed by atoms with E-state index < -0.39 is 5.60 Å². The fraction of sp³-hybridized carbons (Fsp3) is 0.417. The minimum Gasteiger partial charge on any atom is -0.444 e. The number of nitrogens with zero attached hydrogens (tertiary/aromatic N) is 1. The number of nitrogens with one attached hydrogen (secondary N) is 1. The highest BCUT2D eigenvalue weighted by atomic mass is 35.5. The number of benzene rings is 2. The number of likely N-dealkylation sites (tertiary alicyclic amines) is 1. The van der Waals surface area contributed by atoms with Crippen LogP contribution in [-0.2, 0) is 16.0 Å². The van der Waals surface area contributed by atoms with Crippen LogP contribution in [0, 0.1) is 5.92 Å². The van der Waals surface area contributed by atoms with Crippen molar-refractivity contribution in [1.29, 1.82) is 0 Å². The van der Waals surface area contributed by atoms with E-state index in [1.807, 2.05) is 75.4 Å². The number of carbonyl (C=O) groups excluding carboxylic acids is 2. The van der Waals surface area contributed by atoms with Crippen molar-refractivity contribution in [2.75, 3.05) is 19.6 Å². The predicted octanol–water partition coefficient (Wildman–Crippen LogP) is 4.65. The molecule has 1 aliphatic rings. The second-order valence-electron chi connectivity index (χ2n) is 8.68. The second-order valence-corrected chi connectivity index (χ2v) is 9.11. The van der Waals surface area contributed by atoms with Crippen molar-refractivity contribution in [2.45, 2.75) is 38.7 Å². The molecular weight excluding hydrogens is 400 g/mol. The first kappa shape index (κ1) is 22.2. The van der Waals surface area contributed by atoms with Crippen LogP contribution in [0.1, 0.15) is 37.8 Å². The number of carbonyl (C=O) groups is 2. The first-order valence-electron chi connectivity index (χ1n) is 10.3. The van der Waals surface area contributed by atoms with Gasteiger partial charge in [-0.2, -0.15) is 0 Å². The molecule has 2 atom stereocenters. The topological polar surface area (TPSA) is 58.6 Å². The number of amides is 2. The second kappa shape index (κ2) is 9.52. The monoisotopic (exact) mass is 428 g/mol. The van der Waals surface area contributed by atoms with E-state index in [1.165, 1.54) is 5.56 Å². The molecule has 0 radical (unpaired) electrons. The molecule has 5 nitrogen and oxygen atoms in total. The van der Waals surface area contributed by atoms with Crippen LogP contribution in [0.3, 0.4) is 0 Å². The lowest BCUT2D eigenvalue weighted by Crippen LogP contribution is -2.38. The molecule has 0 spiro atoms. The van der Waals surface area contributed by atoms with Crippen LogP contribution in [-0.4, -0.2) is 42.1 Å². The Morgan fingerprint density at radius 2 is 1.73 bits per heavy atom. The third-order valence-electron chi connectivity index (χ3n) is 5.16. The number of hydrogen-bond acceptors (Lipinski definition) is 3. The summed E-state index contributed by atoms with van der Waals surface area (Å²) in [5, 5.41) is 3.69. The minimum atomic E-state index is -0.580. The highest BCUT2D eigenvalue weighted by Crippen LogP contribution is 2.34. The van der Waals surface area contributed by atoms with E-state index in [2.05, 4.69) is 5.32 Å². The molecule has 0 bridgehead atoms. The molecule has 0 saturated carbocycles. The highest BCUT2D eigenvalue weighted by Gasteiger charge is 2.41. The number of halogens is 1. The summed E-state index contributed by atoms with van der Waals surface area (Å²) in [5.74, 6) is -0.488. The standard InChI is InChI=1S/C24H29ClN2O3/c1-24(2,3)30-23(29)27-15-20(18-9-11-19(25)12-10-18)21(16-27)22(28)26-14-13-17-7-5-4-6-8-17/h4-12,20-21H,13-16H2,1-3H3,(H,26,28). The smallest absolute Gasteiger partial charge is 0.410 e. The highest BCUT2D eigenvalue weighted by molar-refractivity contribution is 6.30. The minimum absolute atomic E-state index is 0.0445. The van der Waals surface area contributed by atoms with Crippen LogP contribution in [0.4, 0.5) is 4.79 Å². The van der Waals surface area contributed by atoms with Crippen molar-refractivity contribution < 1.29 is 14.3 Å². The molecule has 1 N–H and O–H groups in total. The number of hydrogen-bond donors (Lipinski definition) is 1. The third-order valence-corrected chi connectivity index (χ3v) is 5.41. The van der Waals surface area contributed by atoms with Crippen LogP contribution < -0.4 is 5.32 Å². The zero-order chi connectivity index (χ0) is 21.7. The molecule has 2 aromatic carbocycles. The van der Waals surface area contributed by atoms with Gasteiger partial charge in [-0.05, 0) is 50.5 Å². The van der Waals surface area contributed by atoms with Gasteiger partial charge >= 0.3 is 6.09 Å². The summed E-state index contributed by atoms with van der Waals surface area (Å²) in [6.07, 6.45) is 0.377. The maximum Gasteiger partial charge on any atom is 0.410 e. The summed E-state index contributed by atoms with van der Waals surface area (Å²) >= 11 is 6.03. The van der Waals surface area contributed by atoms with Gasteiger partial charge in [-0.1, -0.05) is 54.1 Å². The average molecular weight is 429 g/mol. The van der Waals surface area contributed by atoms with Gasteiger partial charge < -0.3 is 15.0 Å². The Morgan fingerprint density at radius 1 is 1.07 bits per heavy atom. The van der Waals surface area contributed by atoms with Gasteiger partial charge in [0.15, 0.2) is 0 Å². The summed E-state index contributed by atoms with van der Waals surface area (Å²) in [6, 6.07) is 17.5. The van der Waals surface area contributed by atoms with Crippen LogP contribution >= 0.6 is 11.6 Å². The Balaban J connectivity index is 1.70. The molecule has 1 saturated heterocycles. The molecular formula is C24H29ClN2O3. The van der Waals surface area contributed by atoms with Gasteiger partial charge in [-0.15, -0.1) is 0 Å². The molecule has 2 amide bonds. The molecule has 6 heteroatoms. The van der Waals surface area contributed by atoms with Gasteiger partial charge in [0.05, 0.1) is 5.92 Å². The van der Waals surface area contributed by atoms with Crippen molar-refractivity contribution in [1.82, 2.24) is 10.2 Å². The quantitative estimate of drug-likeness (QED) is 0.754. The van der Waals surface area contributed by atoms with Gasteiger partial charge in [0.1, 0.15) is 5.60 Å². The zero-order valence-corrected chi connectivity index (χ0v) is 18.5. The number of rotatable bonds is 5. The van der Waals surface area contributed by atoms with Crippen molar-refractivity contribution in [3.63, 3.8) is 0 Å². The Labute approximate surface area is 183 Å². The van der Waals surface area contributed by atoms with Gasteiger partial charge in [-0.25, -0.2) is 4.79 Å². The van der Waals surface area contributed by atoms with Crippen molar-refractivity contribution in [3.8, 4) is 0 Å². The van der Waals surface area contributed by atoms with E-state index in [0.29, 0.717) is 24.7 Å². The van der Waals surface area contributed by atoms with Crippen molar-refractivity contribution in [2.24, 2.45) is 5.92 Å². The third kappa shape index (κ3) is 5.99. The summed E-state index contributed by atoms with van der Waals surface area (Å²) in [6.45, 7) is 6.84. The van der Waals surface area contributed by atoms with Gasteiger partial charge in [-0.3, -0.25) is 4.79 Å². The molecule has 0 aromatic heterocycles. The normalized spacial score (nSPS) is 18.9. The average Bonchev–Trinajstić information content (AvgIpc) is 3.14. The maximum absolute atomic E-state index is 13.0. The lowest BCUT2D eigenvalue weighted by molar-refractivity contribution is -0.124. The summed E-state index contributed by atoms with van der Waals surface area (Å²) in [5.41, 5.74) is 1.59. The van der Waals surface area contributed by atoms with Gasteiger partial charge in [0.2, 0.25) is 5.91 Å². The Morgan fingerprint density at radius 3 is 2.37 bits per heavy atom. The molecule has 2 aromatic rings. The first-order valence-corrected chi connectivity index (χ1v) is 10.7. The first-order chi connectivity index (χ1) is 14.2. The Kier molecular flexibility index (Phi) is 7.03. The van der Waals surface area contributed by atoms with E-state index in [9.17, 15) is 9.59 Å². The number of ether oxygens (including phenoxy) is 1. The van der Waals surface area contributed by atoms with Crippen LogP contribution in [0.15, 0.2) is 54.6 Å². The molecule has 3 rings (SSSR count). The SMILES string of the molecule is CC(C)(C)OC(=O)N1CC(C(=O)NCCc2ccccc2)C(c2ccc(Cl)cc2)C1. The zero-order valence-electron chi connectivity index (χ0n) is 17.7. The van der Waals surface area contributed by atoms with Crippen LogP contribution in [0.2, 0.25) is 5.02 Å². The Hall–Kier alpha value is -2.53. The lowest BCUT2D eigenvalue weighted by atomic mass is 9.88. The summed E-state index contributed by atoms with van der Waals surface area (Å²) < 4.78 is 5.53. The molecule has 0 aliphatic carbocycles. The molecule has 1 aliphatic heterocycles. The summed E-state index contributed by atoms with van der Waals surface area (Å²) in [7, 11) is 0. The predicted molar refractivity (Wildman–Crippen MR) is 119 cm³/mol. The van der Waals surface area contributed by atoms with E-state index in [-0.39, 0.29) is 23.8 Å². The fourth-order valence-corrected chi connectivity index (χ4v) is 3.82.